The summed E-state index contributed by atoms with van der Waals surface area (Å²) in [6.45, 7) is 3.86. The van der Waals surface area contributed by atoms with E-state index in [-0.39, 0.29) is 23.8 Å². The zero-order valence-corrected chi connectivity index (χ0v) is 23.8. The molecule has 0 spiro atoms. The van der Waals surface area contributed by atoms with Crippen molar-refractivity contribution in [2.75, 3.05) is 13.1 Å². The Bertz CT molecular complexity index is 1520. The third-order valence-electron chi connectivity index (χ3n) is 8.78. The Balaban J connectivity index is 1.14. The van der Waals surface area contributed by atoms with Crippen LogP contribution in [-0.2, 0) is 29.6 Å². The summed E-state index contributed by atoms with van der Waals surface area (Å²) in [5.74, 6) is 0.530. The van der Waals surface area contributed by atoms with E-state index < -0.39 is 6.04 Å². The Morgan fingerprint density at radius 3 is 2.59 bits per heavy atom. The molecule has 0 bridgehead atoms. The molecular formula is C33H38N6O2. The molecule has 0 saturated carbocycles. The number of carbonyl (C=O) groups is 2. The van der Waals surface area contributed by atoms with Gasteiger partial charge in [0.2, 0.25) is 11.8 Å². The number of carbonyl (C=O) groups excluding carboxylic acids is 2. The molecule has 2 aliphatic rings. The second kappa shape index (κ2) is 11.8. The first-order valence-electron chi connectivity index (χ1n) is 14.6. The molecule has 0 radical (unpaired) electrons. The lowest BCUT2D eigenvalue weighted by Crippen LogP contribution is -2.51. The van der Waals surface area contributed by atoms with Crippen LogP contribution in [0.3, 0.4) is 0 Å². The number of likely N-dealkylation sites (tertiary alicyclic amines) is 1. The summed E-state index contributed by atoms with van der Waals surface area (Å²) in [6.07, 6.45) is 3.32. The summed E-state index contributed by atoms with van der Waals surface area (Å²) >= 11 is 0. The number of aromatic nitrogens is 3. The first-order chi connectivity index (χ1) is 19.9. The maximum Gasteiger partial charge on any atom is 0.243 e. The molecule has 6 rings (SSSR count). The minimum Gasteiger partial charge on any atom is -0.350 e. The molecule has 0 aliphatic carbocycles. The van der Waals surface area contributed by atoms with Crippen LogP contribution in [0.1, 0.15) is 47.4 Å². The molecule has 8 heteroatoms. The molecule has 1 unspecified atom stereocenters. The second-order valence-corrected chi connectivity index (χ2v) is 11.7. The quantitative estimate of drug-likeness (QED) is 0.347. The van der Waals surface area contributed by atoms with Gasteiger partial charge in [-0.15, -0.1) is 5.10 Å². The molecule has 2 aliphatic heterocycles. The van der Waals surface area contributed by atoms with E-state index >= 15 is 0 Å². The van der Waals surface area contributed by atoms with Gasteiger partial charge in [0.25, 0.3) is 0 Å². The summed E-state index contributed by atoms with van der Waals surface area (Å²) in [5.41, 5.74) is 6.50. The first kappa shape index (κ1) is 27.1. The van der Waals surface area contributed by atoms with E-state index in [9.17, 15) is 9.59 Å². The van der Waals surface area contributed by atoms with E-state index in [1.807, 2.05) is 48.3 Å². The molecule has 2 N–H and O–H groups in total. The van der Waals surface area contributed by atoms with Gasteiger partial charge in [0, 0.05) is 26.7 Å². The van der Waals surface area contributed by atoms with Crippen molar-refractivity contribution in [3.63, 3.8) is 0 Å². The highest BCUT2D eigenvalue weighted by Crippen LogP contribution is 2.32. The highest BCUT2D eigenvalue weighted by atomic mass is 16.2. The molecule has 1 aromatic heterocycles. The van der Waals surface area contributed by atoms with Crippen LogP contribution in [0.5, 0.6) is 0 Å². The van der Waals surface area contributed by atoms with Gasteiger partial charge in [0.1, 0.15) is 11.6 Å². The summed E-state index contributed by atoms with van der Waals surface area (Å²) in [5, 5.41) is 14.8. The molecule has 41 heavy (non-hydrogen) atoms. The highest BCUT2D eigenvalue weighted by molar-refractivity contribution is 5.90. The average Bonchev–Trinajstić information content (AvgIpc) is 3.75. The maximum absolute atomic E-state index is 13.9. The van der Waals surface area contributed by atoms with Crippen molar-refractivity contribution in [1.82, 2.24) is 30.5 Å². The average molecular weight is 551 g/mol. The molecule has 8 nitrogen and oxygen atoms in total. The van der Waals surface area contributed by atoms with Crippen LogP contribution >= 0.6 is 0 Å². The van der Waals surface area contributed by atoms with Crippen LogP contribution in [0.15, 0.2) is 72.8 Å². The second-order valence-electron chi connectivity index (χ2n) is 11.7. The van der Waals surface area contributed by atoms with Crippen LogP contribution < -0.4 is 10.6 Å². The van der Waals surface area contributed by atoms with Crippen molar-refractivity contribution in [3.8, 4) is 0 Å². The highest BCUT2D eigenvalue weighted by Gasteiger charge is 2.43. The number of hydrogen-bond acceptors (Lipinski definition) is 5. The SMILES string of the molecule is Cc1ccc(CCC2C[C@@H](C(=O)NCc3ccc4c(c3)nnn4C)N(C(=O)[C@H]3C[C@@H](c4ccccc4)CN3)C2)cc1. The van der Waals surface area contributed by atoms with Crippen molar-refractivity contribution >= 4 is 22.8 Å². The molecule has 2 amide bonds. The van der Waals surface area contributed by atoms with E-state index in [1.54, 1.807) is 4.68 Å². The third kappa shape index (κ3) is 6.03. The Morgan fingerprint density at radius 2 is 1.78 bits per heavy atom. The third-order valence-corrected chi connectivity index (χ3v) is 8.78. The fraction of sp³-hybridized carbons (Fsp3) is 0.394. The largest absolute Gasteiger partial charge is 0.350 e. The van der Waals surface area contributed by atoms with Gasteiger partial charge in [-0.2, -0.15) is 0 Å². The standard InChI is InChI=1S/C33H38N6O2/c1-22-8-10-23(11-9-22)12-13-25-17-31(32(40)35-19-24-14-15-30-28(16-24)36-37-38(30)2)39(21-25)33(41)29-18-27(20-34-29)26-6-4-3-5-7-26/h3-11,14-16,25,27,29,31,34H,12-13,17-21H2,1-2H3,(H,35,40)/t25?,27-,29-,31+/m1/s1. The maximum atomic E-state index is 13.9. The van der Waals surface area contributed by atoms with Gasteiger partial charge >= 0.3 is 0 Å². The van der Waals surface area contributed by atoms with Crippen LogP contribution in [0.2, 0.25) is 0 Å². The summed E-state index contributed by atoms with van der Waals surface area (Å²) in [4.78, 5) is 29.3. The predicted octanol–water partition coefficient (Wildman–Crippen LogP) is 3.89. The summed E-state index contributed by atoms with van der Waals surface area (Å²) < 4.78 is 1.73. The smallest absolute Gasteiger partial charge is 0.243 e. The van der Waals surface area contributed by atoms with Crippen molar-refractivity contribution in [3.05, 3.63) is 95.1 Å². The van der Waals surface area contributed by atoms with Crippen molar-refractivity contribution in [2.45, 2.75) is 57.2 Å². The molecule has 2 fully saturated rings. The zero-order chi connectivity index (χ0) is 28.3. The van der Waals surface area contributed by atoms with Gasteiger partial charge in [-0.3, -0.25) is 9.59 Å². The van der Waals surface area contributed by atoms with Crippen LogP contribution in [0.25, 0.3) is 11.0 Å². The summed E-state index contributed by atoms with van der Waals surface area (Å²) in [7, 11) is 1.86. The van der Waals surface area contributed by atoms with Gasteiger partial charge in [-0.05, 0) is 73.3 Å². The normalized spacial score (nSPS) is 22.3. The van der Waals surface area contributed by atoms with E-state index in [0.29, 0.717) is 25.4 Å². The van der Waals surface area contributed by atoms with Crippen molar-refractivity contribution in [2.24, 2.45) is 13.0 Å². The fourth-order valence-corrected chi connectivity index (χ4v) is 6.36. The summed E-state index contributed by atoms with van der Waals surface area (Å²) in [6, 6.07) is 24.2. The molecule has 4 atom stereocenters. The van der Waals surface area contributed by atoms with Crippen molar-refractivity contribution in [1.29, 1.82) is 0 Å². The number of amides is 2. The number of nitrogens with zero attached hydrogens (tertiary/aromatic N) is 4. The Kier molecular flexibility index (Phi) is 7.83. The van der Waals surface area contributed by atoms with Gasteiger partial charge < -0.3 is 15.5 Å². The number of aryl methyl sites for hydroxylation is 3. The number of benzene rings is 3. The number of rotatable bonds is 8. The Labute approximate surface area is 241 Å². The first-order valence-corrected chi connectivity index (χ1v) is 14.6. The minimum atomic E-state index is -0.469. The van der Waals surface area contributed by atoms with Gasteiger partial charge in [-0.1, -0.05) is 71.4 Å². The van der Waals surface area contributed by atoms with Crippen molar-refractivity contribution < 1.29 is 9.59 Å². The van der Waals surface area contributed by atoms with Crippen LogP contribution in [0, 0.1) is 12.8 Å². The van der Waals surface area contributed by atoms with Crippen LogP contribution in [-0.4, -0.2) is 56.9 Å². The molecule has 212 valence electrons. The predicted molar refractivity (Wildman–Crippen MR) is 159 cm³/mol. The lowest BCUT2D eigenvalue weighted by Gasteiger charge is -2.27. The van der Waals surface area contributed by atoms with E-state index in [1.165, 1.54) is 16.7 Å². The van der Waals surface area contributed by atoms with E-state index in [2.05, 4.69) is 64.3 Å². The van der Waals surface area contributed by atoms with Crippen LogP contribution in [0.4, 0.5) is 0 Å². The van der Waals surface area contributed by atoms with Gasteiger partial charge in [-0.25, -0.2) is 4.68 Å². The van der Waals surface area contributed by atoms with Gasteiger partial charge in [0.15, 0.2) is 0 Å². The molecule has 3 heterocycles. The molecular weight excluding hydrogens is 512 g/mol. The Hall–Kier alpha value is -4.04. The zero-order valence-electron chi connectivity index (χ0n) is 23.8. The number of fused-ring (bicyclic) bond motifs is 1. The number of nitrogens with one attached hydrogen (secondary N) is 2. The molecule has 3 aromatic carbocycles. The topological polar surface area (TPSA) is 92.2 Å². The lowest BCUT2D eigenvalue weighted by molar-refractivity contribution is -0.139. The van der Waals surface area contributed by atoms with E-state index in [0.717, 1.165) is 42.4 Å². The van der Waals surface area contributed by atoms with E-state index in [4.69, 9.17) is 0 Å². The number of hydrogen-bond donors (Lipinski definition) is 2. The molecule has 2 saturated heterocycles. The minimum absolute atomic E-state index is 0.0439. The lowest BCUT2D eigenvalue weighted by atomic mass is 9.96. The monoisotopic (exact) mass is 550 g/mol. The van der Waals surface area contributed by atoms with Gasteiger partial charge in [0.05, 0.1) is 11.6 Å². The Morgan fingerprint density at radius 1 is 1.00 bits per heavy atom. The molecule has 4 aromatic rings. The fourth-order valence-electron chi connectivity index (χ4n) is 6.36.